The summed E-state index contributed by atoms with van der Waals surface area (Å²) >= 11 is 0. The normalized spacial score (nSPS) is 14.2. The van der Waals surface area contributed by atoms with Crippen LogP contribution in [0.25, 0.3) is 0 Å². The number of carbonyl (C=O) groups excluding carboxylic acids is 1. The Morgan fingerprint density at radius 3 is 2.59 bits per heavy atom. The smallest absolute Gasteiger partial charge is 0.244 e. The molecule has 1 atom stereocenters. The van der Waals surface area contributed by atoms with Gasteiger partial charge < -0.3 is 11.1 Å². The summed E-state index contributed by atoms with van der Waals surface area (Å²) in [4.78, 5) is 11.9. The van der Waals surface area contributed by atoms with Crippen LogP contribution >= 0.6 is 0 Å². The molecule has 17 heavy (non-hydrogen) atoms. The Morgan fingerprint density at radius 2 is 2.06 bits per heavy atom. The van der Waals surface area contributed by atoms with Gasteiger partial charge in [-0.25, -0.2) is 0 Å². The average Bonchev–Trinajstić information content (AvgIpc) is 2.31. The van der Waals surface area contributed by atoms with Gasteiger partial charge in [-0.3, -0.25) is 4.79 Å². The minimum absolute atomic E-state index is 0.133. The van der Waals surface area contributed by atoms with Crippen LogP contribution < -0.4 is 11.1 Å². The molecule has 1 unspecified atom stereocenters. The number of nitrogens with one attached hydrogen (secondary N) is 1. The number of hydrogen-bond acceptors (Lipinski definition) is 2. The number of benzene rings is 1. The molecule has 1 aromatic carbocycles. The molecule has 0 aliphatic carbocycles. The molecule has 3 nitrogen and oxygen atoms in total. The largest absolute Gasteiger partial charge is 0.324 e. The van der Waals surface area contributed by atoms with E-state index in [1.165, 1.54) is 11.1 Å². The molecular formula is C14H22N2O. The van der Waals surface area contributed by atoms with E-state index in [0.717, 1.165) is 12.1 Å². The SMILES string of the molecule is CCc1cc(NC(=O)C(C)(N)CC)ccc1C. The predicted molar refractivity (Wildman–Crippen MR) is 72.1 cm³/mol. The minimum Gasteiger partial charge on any atom is -0.324 e. The maximum Gasteiger partial charge on any atom is 0.244 e. The number of amides is 1. The van der Waals surface area contributed by atoms with E-state index in [0.29, 0.717) is 6.42 Å². The number of aryl methyl sites for hydroxylation is 2. The van der Waals surface area contributed by atoms with Crippen LogP contribution in [0.1, 0.15) is 38.3 Å². The van der Waals surface area contributed by atoms with Gasteiger partial charge in [-0.2, -0.15) is 0 Å². The number of rotatable bonds is 4. The lowest BCUT2D eigenvalue weighted by Crippen LogP contribution is -2.47. The summed E-state index contributed by atoms with van der Waals surface area (Å²) in [5.41, 5.74) is 8.40. The van der Waals surface area contributed by atoms with E-state index in [1.54, 1.807) is 6.92 Å². The number of carbonyl (C=O) groups is 1. The molecule has 1 amide bonds. The molecule has 94 valence electrons. The lowest BCUT2D eigenvalue weighted by atomic mass is 9.99. The monoisotopic (exact) mass is 234 g/mol. The van der Waals surface area contributed by atoms with Crippen molar-refractivity contribution in [2.24, 2.45) is 5.73 Å². The first kappa shape index (κ1) is 13.7. The van der Waals surface area contributed by atoms with Crippen molar-refractivity contribution >= 4 is 11.6 Å². The molecule has 0 saturated heterocycles. The molecule has 3 heteroatoms. The quantitative estimate of drug-likeness (QED) is 0.841. The number of hydrogen-bond donors (Lipinski definition) is 2. The number of nitrogens with two attached hydrogens (primary N) is 1. The Balaban J connectivity index is 2.86. The zero-order chi connectivity index (χ0) is 13.1. The van der Waals surface area contributed by atoms with Crippen molar-refractivity contribution in [1.82, 2.24) is 0 Å². The molecule has 0 aliphatic heterocycles. The van der Waals surface area contributed by atoms with Crippen molar-refractivity contribution in [3.05, 3.63) is 29.3 Å². The van der Waals surface area contributed by atoms with Gasteiger partial charge >= 0.3 is 0 Å². The standard InChI is InChI=1S/C14H22N2O/c1-5-11-9-12(8-7-10(11)3)16-13(17)14(4,15)6-2/h7-9H,5-6,15H2,1-4H3,(H,16,17). The van der Waals surface area contributed by atoms with Crippen molar-refractivity contribution < 1.29 is 4.79 Å². The second kappa shape index (κ2) is 5.32. The zero-order valence-corrected chi connectivity index (χ0v) is 11.1. The van der Waals surface area contributed by atoms with Gasteiger partial charge in [-0.05, 0) is 49.9 Å². The van der Waals surface area contributed by atoms with Crippen LogP contribution in [-0.2, 0) is 11.2 Å². The summed E-state index contributed by atoms with van der Waals surface area (Å²) in [7, 11) is 0. The molecule has 1 rings (SSSR count). The van der Waals surface area contributed by atoms with Gasteiger partial charge in [0.2, 0.25) is 5.91 Å². The first-order chi connectivity index (χ1) is 7.90. The highest BCUT2D eigenvalue weighted by Crippen LogP contribution is 2.17. The Morgan fingerprint density at radius 1 is 1.41 bits per heavy atom. The summed E-state index contributed by atoms with van der Waals surface area (Å²) in [6.45, 7) is 7.83. The predicted octanol–water partition coefficient (Wildman–Crippen LogP) is 2.62. The lowest BCUT2D eigenvalue weighted by Gasteiger charge is -2.21. The van der Waals surface area contributed by atoms with Gasteiger partial charge in [0.05, 0.1) is 5.54 Å². The van der Waals surface area contributed by atoms with Crippen LogP contribution in [0, 0.1) is 6.92 Å². The van der Waals surface area contributed by atoms with E-state index in [-0.39, 0.29) is 5.91 Å². The first-order valence-electron chi connectivity index (χ1n) is 6.10. The highest BCUT2D eigenvalue weighted by atomic mass is 16.2. The van der Waals surface area contributed by atoms with Crippen molar-refractivity contribution in [3.63, 3.8) is 0 Å². The highest BCUT2D eigenvalue weighted by molar-refractivity contribution is 5.97. The van der Waals surface area contributed by atoms with Crippen LogP contribution in [0.15, 0.2) is 18.2 Å². The lowest BCUT2D eigenvalue weighted by molar-refractivity contribution is -0.120. The Bertz CT molecular complexity index is 411. The van der Waals surface area contributed by atoms with E-state index in [4.69, 9.17) is 5.73 Å². The third-order valence-corrected chi connectivity index (χ3v) is 3.24. The van der Waals surface area contributed by atoms with E-state index in [9.17, 15) is 4.79 Å². The fraction of sp³-hybridized carbons (Fsp3) is 0.500. The Kier molecular flexibility index (Phi) is 4.29. The van der Waals surface area contributed by atoms with Crippen LogP contribution in [0.2, 0.25) is 0 Å². The zero-order valence-electron chi connectivity index (χ0n) is 11.1. The maximum atomic E-state index is 11.9. The average molecular weight is 234 g/mol. The van der Waals surface area contributed by atoms with E-state index in [1.807, 2.05) is 25.1 Å². The molecule has 1 aromatic rings. The molecule has 0 aromatic heterocycles. The topological polar surface area (TPSA) is 55.1 Å². The van der Waals surface area contributed by atoms with E-state index >= 15 is 0 Å². The van der Waals surface area contributed by atoms with Crippen molar-refractivity contribution in [1.29, 1.82) is 0 Å². The molecular weight excluding hydrogens is 212 g/mol. The summed E-state index contributed by atoms with van der Waals surface area (Å²) < 4.78 is 0. The fourth-order valence-corrected chi connectivity index (χ4v) is 1.56. The van der Waals surface area contributed by atoms with Gasteiger partial charge in [0.25, 0.3) is 0 Å². The molecule has 0 spiro atoms. The van der Waals surface area contributed by atoms with E-state index in [2.05, 4.69) is 19.2 Å². The molecule has 0 fully saturated rings. The summed E-state index contributed by atoms with van der Waals surface area (Å²) in [6.07, 6.45) is 1.58. The van der Waals surface area contributed by atoms with Gasteiger partial charge in [-0.15, -0.1) is 0 Å². The van der Waals surface area contributed by atoms with Crippen molar-refractivity contribution in [3.8, 4) is 0 Å². The van der Waals surface area contributed by atoms with Crippen LogP contribution in [0.5, 0.6) is 0 Å². The first-order valence-corrected chi connectivity index (χ1v) is 6.10. The minimum atomic E-state index is -0.808. The van der Waals surface area contributed by atoms with Crippen LogP contribution in [0.3, 0.4) is 0 Å². The number of anilines is 1. The Labute approximate surface area is 103 Å². The molecule has 0 saturated carbocycles. The van der Waals surface area contributed by atoms with Crippen molar-refractivity contribution in [2.75, 3.05) is 5.32 Å². The fourth-order valence-electron chi connectivity index (χ4n) is 1.56. The van der Waals surface area contributed by atoms with Gasteiger partial charge in [0.15, 0.2) is 0 Å². The van der Waals surface area contributed by atoms with E-state index < -0.39 is 5.54 Å². The van der Waals surface area contributed by atoms with Crippen LogP contribution in [-0.4, -0.2) is 11.4 Å². The van der Waals surface area contributed by atoms with Gasteiger partial charge in [0.1, 0.15) is 0 Å². The molecule has 0 heterocycles. The van der Waals surface area contributed by atoms with Gasteiger partial charge in [-0.1, -0.05) is 19.9 Å². The Hall–Kier alpha value is -1.35. The molecule has 0 bridgehead atoms. The van der Waals surface area contributed by atoms with Crippen LogP contribution in [0.4, 0.5) is 5.69 Å². The summed E-state index contributed by atoms with van der Waals surface area (Å²) in [5, 5.41) is 2.87. The highest BCUT2D eigenvalue weighted by Gasteiger charge is 2.25. The second-order valence-electron chi connectivity index (χ2n) is 4.72. The molecule has 0 aliphatic rings. The second-order valence-corrected chi connectivity index (χ2v) is 4.72. The summed E-state index contributed by atoms with van der Waals surface area (Å²) in [6, 6.07) is 5.95. The molecule has 0 radical (unpaired) electrons. The van der Waals surface area contributed by atoms with Gasteiger partial charge in [0, 0.05) is 5.69 Å². The molecule has 3 N–H and O–H groups in total. The maximum absolute atomic E-state index is 11.9. The third kappa shape index (κ3) is 3.30. The third-order valence-electron chi connectivity index (χ3n) is 3.24. The summed E-state index contributed by atoms with van der Waals surface area (Å²) in [5.74, 6) is -0.133. The van der Waals surface area contributed by atoms with Crippen molar-refractivity contribution in [2.45, 2.75) is 46.1 Å².